The van der Waals surface area contributed by atoms with Crippen molar-refractivity contribution < 1.29 is 28.6 Å². The lowest BCUT2D eigenvalue weighted by atomic mass is 9.47. The lowest BCUT2D eigenvalue weighted by Gasteiger charge is -2.58. The number of hydrogen-bond acceptors (Lipinski definition) is 9. The molecule has 4 saturated carbocycles. The van der Waals surface area contributed by atoms with Crippen LogP contribution in [-0.4, -0.2) is 53.5 Å². The molecule has 1 amide bonds. The van der Waals surface area contributed by atoms with E-state index in [0.29, 0.717) is 41.8 Å². The van der Waals surface area contributed by atoms with Crippen molar-refractivity contribution in [3.05, 3.63) is 58.9 Å². The Morgan fingerprint density at radius 3 is 2.53 bits per heavy atom. The van der Waals surface area contributed by atoms with Gasteiger partial charge in [-0.15, -0.1) is 11.3 Å². The Kier molecular flexibility index (Phi) is 16.9. The molecule has 4 fully saturated rings. The van der Waals surface area contributed by atoms with E-state index in [2.05, 4.69) is 51.0 Å². The third-order valence-electron chi connectivity index (χ3n) is 17.2. The second-order valence-electron chi connectivity index (χ2n) is 21.7. The number of amides is 1. The minimum atomic E-state index is -0.275. The number of pyridine rings is 1. The van der Waals surface area contributed by atoms with Crippen molar-refractivity contribution in [1.82, 2.24) is 15.3 Å². The highest BCUT2D eigenvalue weighted by Crippen LogP contribution is 2.67. The fraction of sp³-hybridized carbons (Fsp3) is 0.696. The number of rotatable bonds is 19. The standard InChI is InChI=1S/C55H77N3O6S.CH4/c1-35(2)11-9-12-36(3)44-20-21-45-43-19-16-38-32-40(24-27-54(38,4)46(43)25-28-55(44,45)5)62-30-10-14-39(59)17-23-52(60)64-49-15-8-7-13-37(49)31-51-58-47-22-18-41(34-50(47)65-51)63-42-26-29-57-48(33-42)53(61)56-6;/h16,18,22,26,29,33-37,40,43-46,49H,7-15,17,19-21,23-25,27-28,30-32H2,1-6H3,(H,56,61);1H4/t36-,37-,40+,43?,44-,45?,46?,49+,54+,55-;/m1./s1. The summed E-state index contributed by atoms with van der Waals surface area (Å²) in [5.74, 6) is 6.03. The molecular weight excluding hydrogens is 843 g/mol. The van der Waals surface area contributed by atoms with Crippen LogP contribution in [0.15, 0.2) is 48.2 Å². The van der Waals surface area contributed by atoms with Gasteiger partial charge in [-0.05, 0) is 142 Å². The number of carbonyl (C=O) groups is 3. The van der Waals surface area contributed by atoms with Crippen LogP contribution in [0.25, 0.3) is 10.2 Å². The van der Waals surface area contributed by atoms with Gasteiger partial charge < -0.3 is 19.5 Å². The molecule has 2 heterocycles. The average molecular weight is 924 g/mol. The number of ether oxygens (including phenoxy) is 3. The molecule has 1 aromatic carbocycles. The highest BCUT2D eigenvalue weighted by atomic mass is 32.1. The number of aromatic nitrogens is 2. The van der Waals surface area contributed by atoms with Gasteiger partial charge >= 0.3 is 5.97 Å². The van der Waals surface area contributed by atoms with Gasteiger partial charge in [0, 0.05) is 57.2 Å². The van der Waals surface area contributed by atoms with E-state index in [1.807, 2.05) is 18.2 Å². The maximum Gasteiger partial charge on any atom is 0.306 e. The predicted octanol–water partition coefficient (Wildman–Crippen LogP) is 13.7. The first-order valence-electron chi connectivity index (χ1n) is 25.6. The summed E-state index contributed by atoms with van der Waals surface area (Å²) in [5, 5.41) is 3.59. The Morgan fingerprint density at radius 2 is 1.71 bits per heavy atom. The molecular formula is C56H81N3O6S. The smallest absolute Gasteiger partial charge is 0.306 e. The highest BCUT2D eigenvalue weighted by Gasteiger charge is 2.59. The van der Waals surface area contributed by atoms with Gasteiger partial charge in [0.15, 0.2) is 0 Å². The molecule has 10 atom stereocenters. The molecule has 2 aromatic heterocycles. The maximum absolute atomic E-state index is 13.1. The van der Waals surface area contributed by atoms with E-state index in [1.165, 1.54) is 57.8 Å². The largest absolute Gasteiger partial charge is 0.462 e. The van der Waals surface area contributed by atoms with Gasteiger partial charge in [0.2, 0.25) is 0 Å². The van der Waals surface area contributed by atoms with E-state index < -0.39 is 0 Å². The van der Waals surface area contributed by atoms with Crippen molar-refractivity contribution in [2.45, 2.75) is 183 Å². The zero-order chi connectivity index (χ0) is 45.7. The quantitative estimate of drug-likeness (QED) is 0.0718. The number of hydrogen-bond donors (Lipinski definition) is 1. The van der Waals surface area contributed by atoms with Gasteiger partial charge in [-0.25, -0.2) is 4.98 Å². The molecule has 1 N–H and O–H groups in total. The first-order valence-corrected chi connectivity index (χ1v) is 26.4. The Hall–Kier alpha value is -3.63. The van der Waals surface area contributed by atoms with Gasteiger partial charge in [-0.2, -0.15) is 0 Å². The van der Waals surface area contributed by atoms with Crippen LogP contribution in [-0.2, 0) is 25.5 Å². The molecule has 0 saturated heterocycles. The maximum atomic E-state index is 13.1. The van der Waals surface area contributed by atoms with Crippen LogP contribution in [0.5, 0.6) is 11.5 Å². The summed E-state index contributed by atoms with van der Waals surface area (Å²) in [7, 11) is 1.57. The molecule has 8 rings (SSSR count). The minimum Gasteiger partial charge on any atom is -0.462 e. The van der Waals surface area contributed by atoms with Crippen molar-refractivity contribution in [1.29, 1.82) is 0 Å². The van der Waals surface area contributed by atoms with E-state index in [9.17, 15) is 14.4 Å². The van der Waals surface area contributed by atoms with Crippen molar-refractivity contribution in [3.8, 4) is 11.5 Å². The second-order valence-corrected chi connectivity index (χ2v) is 22.9. The van der Waals surface area contributed by atoms with Crippen LogP contribution in [0.3, 0.4) is 0 Å². The summed E-state index contributed by atoms with van der Waals surface area (Å²) in [6.07, 6.45) is 25.0. The number of thiazole rings is 1. The molecule has 0 bridgehead atoms. The first kappa shape index (κ1) is 50.3. The van der Waals surface area contributed by atoms with E-state index >= 15 is 0 Å². The van der Waals surface area contributed by atoms with E-state index in [-0.39, 0.29) is 61.7 Å². The average Bonchev–Trinajstić information content (AvgIpc) is 3.87. The van der Waals surface area contributed by atoms with Crippen molar-refractivity contribution in [2.75, 3.05) is 13.7 Å². The summed E-state index contributed by atoms with van der Waals surface area (Å²) < 4.78 is 19.6. The van der Waals surface area contributed by atoms with Crippen molar-refractivity contribution in [2.24, 2.45) is 52.3 Å². The number of nitrogens with zero attached hydrogens (tertiary/aromatic N) is 2. The normalized spacial score (nSPS) is 29.7. The zero-order valence-corrected chi connectivity index (χ0v) is 41.2. The van der Waals surface area contributed by atoms with Crippen molar-refractivity contribution in [3.63, 3.8) is 0 Å². The third-order valence-corrected chi connectivity index (χ3v) is 18.3. The number of benzene rings is 1. The van der Waals surface area contributed by atoms with Gasteiger partial charge in [-0.3, -0.25) is 19.4 Å². The van der Waals surface area contributed by atoms with Crippen LogP contribution in [0.1, 0.15) is 180 Å². The zero-order valence-electron chi connectivity index (χ0n) is 40.3. The number of ketones is 1. The molecule has 362 valence electrons. The fourth-order valence-electron chi connectivity index (χ4n) is 13.7. The van der Waals surface area contributed by atoms with Crippen LogP contribution in [0.4, 0.5) is 0 Å². The first-order chi connectivity index (χ1) is 31.3. The molecule has 0 spiro atoms. The number of esters is 1. The van der Waals surface area contributed by atoms with Crippen LogP contribution < -0.4 is 10.1 Å². The molecule has 3 unspecified atom stereocenters. The monoisotopic (exact) mass is 924 g/mol. The van der Waals surface area contributed by atoms with Gasteiger partial charge in [0.05, 0.1) is 27.7 Å². The molecule has 0 radical (unpaired) electrons. The van der Waals surface area contributed by atoms with Crippen molar-refractivity contribution >= 4 is 39.2 Å². The fourth-order valence-corrected chi connectivity index (χ4v) is 14.7. The Bertz CT molecular complexity index is 2170. The summed E-state index contributed by atoms with van der Waals surface area (Å²) in [4.78, 5) is 47.1. The third kappa shape index (κ3) is 11.4. The molecule has 66 heavy (non-hydrogen) atoms. The summed E-state index contributed by atoms with van der Waals surface area (Å²) in [6.45, 7) is 13.2. The van der Waals surface area contributed by atoms with E-state index in [1.54, 1.807) is 42.3 Å². The summed E-state index contributed by atoms with van der Waals surface area (Å²) in [5.41, 5.74) is 3.68. The number of carbonyl (C=O) groups excluding carboxylic acids is 3. The second kappa shape index (κ2) is 22.2. The summed E-state index contributed by atoms with van der Waals surface area (Å²) >= 11 is 1.63. The van der Waals surface area contributed by atoms with Gasteiger partial charge in [-0.1, -0.05) is 79.4 Å². The SMILES string of the molecule is C.CNC(=O)c1cc(Oc2ccc3nc(C[C@H]4CCCC[C@@H]4OC(=O)CCC(=O)CCCO[C@H]4CC[C@@]5(C)C(=CCC6C5CC[C@@]5(C)C6CC[C@@H]5[C@H](C)CCCC(C)C)C4)sc3c2)ccn1. The molecule has 10 heteroatoms. The highest BCUT2D eigenvalue weighted by molar-refractivity contribution is 7.18. The molecule has 5 aliphatic carbocycles. The van der Waals surface area contributed by atoms with E-state index in [0.717, 1.165) is 95.7 Å². The summed E-state index contributed by atoms with van der Waals surface area (Å²) in [6, 6.07) is 9.13. The van der Waals surface area contributed by atoms with Crippen LogP contribution in [0, 0.1) is 52.3 Å². The number of Topliss-reactive ketones (excluding diaryl/α,β-unsaturated/α-hetero) is 1. The minimum absolute atomic E-state index is 0. The lowest BCUT2D eigenvalue weighted by molar-refractivity contribution is -0.154. The lowest BCUT2D eigenvalue weighted by Crippen LogP contribution is -2.51. The molecule has 9 nitrogen and oxygen atoms in total. The van der Waals surface area contributed by atoms with Crippen LogP contribution in [0.2, 0.25) is 0 Å². The van der Waals surface area contributed by atoms with E-state index in [4.69, 9.17) is 19.2 Å². The predicted molar refractivity (Wildman–Crippen MR) is 266 cm³/mol. The van der Waals surface area contributed by atoms with Gasteiger partial charge in [0.25, 0.3) is 5.91 Å². The number of nitrogens with one attached hydrogen (secondary N) is 1. The number of fused-ring (bicyclic) bond motifs is 6. The Labute approximate surface area is 400 Å². The number of allylic oxidation sites excluding steroid dienone is 1. The van der Waals surface area contributed by atoms with Crippen LogP contribution >= 0.6 is 11.3 Å². The Balaban J connectivity index is 0.00000648. The topological polar surface area (TPSA) is 117 Å². The Morgan fingerprint density at radius 1 is 0.894 bits per heavy atom. The molecule has 0 aliphatic heterocycles. The van der Waals surface area contributed by atoms with Gasteiger partial charge in [0.1, 0.15) is 29.1 Å². The molecule has 5 aliphatic rings. The molecule has 3 aromatic rings.